The Labute approximate surface area is 156 Å². The number of pyridine rings is 1. The third kappa shape index (κ3) is 6.84. The fraction of sp³-hybridized carbons (Fsp3) is 0.611. The molecule has 0 aromatic carbocycles. The van der Waals surface area contributed by atoms with Crippen LogP contribution in [0.1, 0.15) is 51.4 Å². The highest BCUT2D eigenvalue weighted by Gasteiger charge is 2.21. The SMILES string of the molecule is O=C(O)CCC(CC1CCCCC1)NC(=O)Cn1cc([N+](=O)[O-])ccc1=O. The molecule has 1 aliphatic carbocycles. The molecule has 0 aliphatic heterocycles. The Bertz CT molecular complexity index is 739. The molecule has 1 aromatic heterocycles. The smallest absolute Gasteiger partial charge is 0.303 e. The van der Waals surface area contributed by atoms with E-state index in [0.29, 0.717) is 18.8 Å². The van der Waals surface area contributed by atoms with Crippen molar-refractivity contribution in [1.29, 1.82) is 0 Å². The zero-order valence-corrected chi connectivity index (χ0v) is 15.1. The summed E-state index contributed by atoms with van der Waals surface area (Å²) in [5, 5.41) is 22.6. The standard InChI is InChI=1S/C18H25N3O6/c22-16(12-20-11-15(21(26)27)7-8-17(20)23)19-14(6-9-18(24)25)10-13-4-2-1-3-5-13/h7-8,11,13-14H,1-6,9-10,12H2,(H,19,22)(H,24,25). The van der Waals surface area contributed by atoms with Crippen molar-refractivity contribution in [3.05, 3.63) is 38.8 Å². The van der Waals surface area contributed by atoms with Gasteiger partial charge in [0.05, 0.1) is 11.1 Å². The number of carboxylic acid groups (broad SMARTS) is 1. The van der Waals surface area contributed by atoms with E-state index in [-0.39, 0.29) is 24.7 Å². The van der Waals surface area contributed by atoms with Crippen LogP contribution in [0, 0.1) is 16.0 Å². The quantitative estimate of drug-likeness (QED) is 0.499. The molecular weight excluding hydrogens is 354 g/mol. The van der Waals surface area contributed by atoms with Crippen molar-refractivity contribution < 1.29 is 19.6 Å². The van der Waals surface area contributed by atoms with E-state index in [1.54, 1.807) is 0 Å². The molecule has 1 atom stereocenters. The zero-order valence-electron chi connectivity index (χ0n) is 15.1. The molecule has 1 amide bonds. The molecule has 0 spiro atoms. The zero-order chi connectivity index (χ0) is 19.8. The van der Waals surface area contributed by atoms with Crippen LogP contribution in [-0.2, 0) is 16.1 Å². The van der Waals surface area contributed by atoms with Crippen LogP contribution in [0.25, 0.3) is 0 Å². The molecule has 9 heteroatoms. The average Bonchev–Trinajstić information content (AvgIpc) is 2.62. The number of carboxylic acids is 1. The predicted octanol–water partition coefficient (Wildman–Crippen LogP) is 2.08. The second-order valence-corrected chi connectivity index (χ2v) is 7.05. The summed E-state index contributed by atoms with van der Waals surface area (Å²) < 4.78 is 0.988. The van der Waals surface area contributed by atoms with E-state index >= 15 is 0 Å². The number of aliphatic carboxylic acids is 1. The summed E-state index contributed by atoms with van der Waals surface area (Å²) in [7, 11) is 0. The summed E-state index contributed by atoms with van der Waals surface area (Å²) >= 11 is 0. The first-order valence-electron chi connectivity index (χ1n) is 9.21. The van der Waals surface area contributed by atoms with Gasteiger partial charge in [-0.2, -0.15) is 0 Å². The van der Waals surface area contributed by atoms with E-state index in [4.69, 9.17) is 5.11 Å². The maximum absolute atomic E-state index is 12.4. The van der Waals surface area contributed by atoms with Gasteiger partial charge < -0.3 is 10.4 Å². The van der Waals surface area contributed by atoms with Crippen LogP contribution in [0.4, 0.5) is 5.69 Å². The predicted molar refractivity (Wildman–Crippen MR) is 97.3 cm³/mol. The molecule has 2 N–H and O–H groups in total. The van der Waals surface area contributed by atoms with E-state index in [2.05, 4.69) is 5.32 Å². The molecule has 0 saturated heterocycles. The van der Waals surface area contributed by atoms with Crippen molar-refractivity contribution in [2.45, 2.75) is 64.0 Å². The van der Waals surface area contributed by atoms with Crippen molar-refractivity contribution in [3.63, 3.8) is 0 Å². The van der Waals surface area contributed by atoms with E-state index in [1.165, 1.54) is 6.42 Å². The summed E-state index contributed by atoms with van der Waals surface area (Å²) in [6, 6.07) is 1.86. The monoisotopic (exact) mass is 379 g/mol. The second kappa shape index (κ2) is 9.84. The van der Waals surface area contributed by atoms with Gasteiger partial charge in [0.25, 0.3) is 11.2 Å². The van der Waals surface area contributed by atoms with Gasteiger partial charge in [-0.05, 0) is 18.8 Å². The molecule has 9 nitrogen and oxygen atoms in total. The van der Waals surface area contributed by atoms with Gasteiger partial charge in [0.2, 0.25) is 5.91 Å². The number of rotatable bonds is 9. The first-order valence-corrected chi connectivity index (χ1v) is 9.21. The van der Waals surface area contributed by atoms with Crippen LogP contribution < -0.4 is 10.9 Å². The molecule has 2 rings (SSSR count). The van der Waals surface area contributed by atoms with Crippen molar-refractivity contribution in [2.24, 2.45) is 5.92 Å². The minimum Gasteiger partial charge on any atom is -0.481 e. The van der Waals surface area contributed by atoms with Crippen molar-refractivity contribution in [1.82, 2.24) is 9.88 Å². The Morgan fingerprint density at radius 2 is 2.00 bits per heavy atom. The normalized spacial score (nSPS) is 15.9. The van der Waals surface area contributed by atoms with Gasteiger partial charge in [0, 0.05) is 24.6 Å². The molecule has 1 heterocycles. The molecule has 148 valence electrons. The number of amides is 1. The Morgan fingerprint density at radius 3 is 2.63 bits per heavy atom. The van der Waals surface area contributed by atoms with Gasteiger partial charge >= 0.3 is 5.97 Å². The van der Waals surface area contributed by atoms with Gasteiger partial charge in [-0.1, -0.05) is 32.1 Å². The lowest BCUT2D eigenvalue weighted by molar-refractivity contribution is -0.385. The van der Waals surface area contributed by atoms with Crippen LogP contribution in [0.5, 0.6) is 0 Å². The maximum Gasteiger partial charge on any atom is 0.303 e. The number of carbonyl (C=O) groups is 2. The van der Waals surface area contributed by atoms with E-state index in [1.807, 2.05) is 0 Å². The fourth-order valence-corrected chi connectivity index (χ4v) is 3.55. The van der Waals surface area contributed by atoms with E-state index in [0.717, 1.165) is 48.6 Å². The van der Waals surface area contributed by atoms with Crippen molar-refractivity contribution in [2.75, 3.05) is 0 Å². The van der Waals surface area contributed by atoms with Gasteiger partial charge in [0.1, 0.15) is 6.54 Å². The van der Waals surface area contributed by atoms with Crippen molar-refractivity contribution in [3.8, 4) is 0 Å². The molecule has 1 unspecified atom stereocenters. The van der Waals surface area contributed by atoms with Crippen LogP contribution in [0.2, 0.25) is 0 Å². The van der Waals surface area contributed by atoms with E-state index in [9.17, 15) is 24.5 Å². The first kappa shape index (κ1) is 20.6. The van der Waals surface area contributed by atoms with Gasteiger partial charge in [0.15, 0.2) is 0 Å². The Balaban J connectivity index is 2.01. The Kier molecular flexibility index (Phi) is 7.51. The van der Waals surface area contributed by atoms with Crippen LogP contribution >= 0.6 is 0 Å². The number of nitrogens with one attached hydrogen (secondary N) is 1. The van der Waals surface area contributed by atoms with Crippen molar-refractivity contribution >= 4 is 17.6 Å². The highest BCUT2D eigenvalue weighted by Crippen LogP contribution is 2.28. The fourth-order valence-electron chi connectivity index (χ4n) is 3.55. The summed E-state index contributed by atoms with van der Waals surface area (Å²) in [4.78, 5) is 45.3. The number of aromatic nitrogens is 1. The number of nitro groups is 1. The second-order valence-electron chi connectivity index (χ2n) is 7.05. The summed E-state index contributed by atoms with van der Waals surface area (Å²) in [5.41, 5.74) is -0.780. The van der Waals surface area contributed by atoms with Gasteiger partial charge in [-0.15, -0.1) is 0 Å². The molecule has 1 aliphatic rings. The molecule has 1 fully saturated rings. The highest BCUT2D eigenvalue weighted by molar-refractivity contribution is 5.76. The minimum atomic E-state index is -0.923. The topological polar surface area (TPSA) is 132 Å². The van der Waals surface area contributed by atoms with Crippen LogP contribution in [-0.4, -0.2) is 32.5 Å². The lowest BCUT2D eigenvalue weighted by Gasteiger charge is -2.27. The highest BCUT2D eigenvalue weighted by atomic mass is 16.6. The molecule has 27 heavy (non-hydrogen) atoms. The number of hydrogen-bond acceptors (Lipinski definition) is 5. The summed E-state index contributed by atoms with van der Waals surface area (Å²) in [6.07, 6.45) is 7.67. The maximum atomic E-state index is 12.4. The molecular formula is C18H25N3O6. The molecule has 1 saturated carbocycles. The molecule has 1 aromatic rings. The Hall–Kier alpha value is -2.71. The van der Waals surface area contributed by atoms with Gasteiger partial charge in [-0.25, -0.2) is 0 Å². The third-order valence-corrected chi connectivity index (χ3v) is 4.91. The number of hydrogen-bond donors (Lipinski definition) is 2. The summed E-state index contributed by atoms with van der Waals surface area (Å²) in [5.74, 6) is -0.921. The number of nitrogens with zero attached hydrogens (tertiary/aromatic N) is 2. The minimum absolute atomic E-state index is 0.0472. The van der Waals surface area contributed by atoms with Gasteiger partial charge in [-0.3, -0.25) is 29.1 Å². The van der Waals surface area contributed by atoms with E-state index < -0.39 is 22.4 Å². The average molecular weight is 379 g/mol. The Morgan fingerprint density at radius 1 is 1.30 bits per heavy atom. The third-order valence-electron chi connectivity index (χ3n) is 4.91. The lowest BCUT2D eigenvalue weighted by Crippen LogP contribution is -2.40. The van der Waals surface area contributed by atoms with Crippen LogP contribution in [0.15, 0.2) is 23.1 Å². The molecule has 0 radical (unpaired) electrons. The lowest BCUT2D eigenvalue weighted by atomic mass is 9.84. The summed E-state index contributed by atoms with van der Waals surface area (Å²) in [6.45, 7) is -0.339. The first-order chi connectivity index (χ1) is 12.8. The largest absolute Gasteiger partial charge is 0.481 e. The van der Waals surface area contributed by atoms with Crippen LogP contribution in [0.3, 0.4) is 0 Å². The number of carbonyl (C=O) groups excluding carboxylic acids is 1. The molecule has 0 bridgehead atoms.